The average molecular weight is 770 g/mol. The van der Waals surface area contributed by atoms with Crippen LogP contribution < -0.4 is 37.9 Å². The summed E-state index contributed by atoms with van der Waals surface area (Å²) in [6.45, 7) is 8.25. The standard InChI is InChI=1S/C22H26N2O4.C22H25O5.CH4.H2/c1-7-15-13(2)23-24-22(14-8-9-18(25-3)19(10-14)26-4)17-12-21(28-6)20(27-5)11-16(15)17;1-7-15-13(2)27-22(14-8-9-18(23-3)19(10-14)24-4)17-12-21(26-6)20(25-5)11-16(15)17;;/h8-12,15H,7H2,1-6H3;8-12H,7H2,1-6H3;1H4;1H/q;+1;;/t15-;;;/m0.../s1. The Morgan fingerprint density at radius 3 is 1.54 bits per heavy atom. The summed E-state index contributed by atoms with van der Waals surface area (Å²) >= 11 is 0. The quantitative estimate of drug-likeness (QED) is 0.115. The fourth-order valence-corrected chi connectivity index (χ4v) is 6.98. The highest BCUT2D eigenvalue weighted by molar-refractivity contribution is 6.16. The number of rotatable bonds is 12. The van der Waals surface area contributed by atoms with Crippen LogP contribution in [0, 0.1) is 6.92 Å². The molecular formula is C45H57N2O9+. The van der Waals surface area contributed by atoms with Gasteiger partial charge in [-0.05, 0) is 73.9 Å². The number of ether oxygens (including phenoxy) is 8. The molecule has 11 nitrogen and oxygen atoms in total. The van der Waals surface area contributed by atoms with Gasteiger partial charge in [0.1, 0.15) is 5.71 Å². The van der Waals surface area contributed by atoms with Gasteiger partial charge in [0.05, 0.1) is 80.3 Å². The zero-order chi connectivity index (χ0) is 39.8. The van der Waals surface area contributed by atoms with Gasteiger partial charge >= 0.3 is 11.5 Å². The minimum atomic E-state index is 0. The molecule has 1 aliphatic heterocycles. The van der Waals surface area contributed by atoms with Crippen LogP contribution in [0.3, 0.4) is 0 Å². The van der Waals surface area contributed by atoms with Gasteiger partial charge in [-0.3, -0.25) is 0 Å². The molecule has 1 atom stereocenters. The maximum atomic E-state index is 6.25. The van der Waals surface area contributed by atoms with Crippen molar-refractivity contribution < 1.29 is 43.7 Å². The van der Waals surface area contributed by atoms with E-state index in [0.29, 0.717) is 46.0 Å². The van der Waals surface area contributed by atoms with E-state index in [4.69, 9.17) is 42.3 Å². The molecule has 0 saturated carbocycles. The lowest BCUT2D eigenvalue weighted by molar-refractivity contribution is 0.354. The zero-order valence-corrected chi connectivity index (χ0v) is 33.8. The number of nitrogens with zero attached hydrogens (tertiary/aromatic N) is 2. The number of fused-ring (bicyclic) bond motifs is 2. The molecule has 0 unspecified atom stereocenters. The molecule has 0 spiro atoms. The van der Waals surface area contributed by atoms with E-state index in [9.17, 15) is 0 Å². The number of hydrogen-bond donors (Lipinski definition) is 0. The lowest BCUT2D eigenvalue weighted by Crippen LogP contribution is -2.13. The smallest absolute Gasteiger partial charge is 0.368 e. The molecule has 4 aromatic carbocycles. The highest BCUT2D eigenvalue weighted by Crippen LogP contribution is 2.43. The summed E-state index contributed by atoms with van der Waals surface area (Å²) in [5, 5.41) is 11.1. The number of hydrogen-bond acceptors (Lipinski definition) is 10. The fourth-order valence-electron chi connectivity index (χ4n) is 6.98. The molecule has 11 heteroatoms. The molecule has 56 heavy (non-hydrogen) atoms. The van der Waals surface area contributed by atoms with Crippen molar-refractivity contribution in [1.29, 1.82) is 0 Å². The van der Waals surface area contributed by atoms with E-state index in [0.717, 1.165) is 74.4 Å². The van der Waals surface area contributed by atoms with Crippen LogP contribution in [0.25, 0.3) is 22.1 Å². The zero-order valence-electron chi connectivity index (χ0n) is 33.8. The fraction of sp³-hybridized carbons (Fsp3) is 0.356. The second-order valence-corrected chi connectivity index (χ2v) is 12.7. The third-order valence-corrected chi connectivity index (χ3v) is 9.84. The SMILES string of the molecule is C.CC[C@H]1C(C)=NN=C(c2ccc(OC)c(OC)c2)c2cc(OC)c(OC)cc21.CCc1c(C)[o+]c(-c2ccc(OC)c(OC)c2)c2cc(OC)c(OC)cc12.[HH]. The van der Waals surface area contributed by atoms with E-state index in [2.05, 4.69) is 24.1 Å². The van der Waals surface area contributed by atoms with Crippen molar-refractivity contribution in [3.8, 4) is 57.3 Å². The van der Waals surface area contributed by atoms with Gasteiger partial charge in [0.2, 0.25) is 0 Å². The van der Waals surface area contributed by atoms with E-state index in [1.165, 1.54) is 0 Å². The Morgan fingerprint density at radius 2 is 1.02 bits per heavy atom. The topological polar surface area (TPSA) is 110 Å². The van der Waals surface area contributed by atoms with Gasteiger partial charge in [0.25, 0.3) is 0 Å². The Balaban J connectivity index is 0.000000295. The number of methoxy groups -OCH3 is 8. The van der Waals surface area contributed by atoms with Crippen LogP contribution in [-0.4, -0.2) is 68.3 Å². The Labute approximate surface area is 332 Å². The minimum Gasteiger partial charge on any atom is -0.493 e. The van der Waals surface area contributed by atoms with Gasteiger partial charge < -0.3 is 37.9 Å². The Hall–Kier alpha value is -5.97. The van der Waals surface area contributed by atoms with Gasteiger partial charge in [-0.15, -0.1) is 5.10 Å². The molecule has 2 heterocycles. The predicted molar refractivity (Wildman–Crippen MR) is 226 cm³/mol. The van der Waals surface area contributed by atoms with Gasteiger partial charge in [0.15, 0.2) is 46.0 Å². The molecular weight excluding hydrogens is 713 g/mol. The van der Waals surface area contributed by atoms with Crippen molar-refractivity contribution in [2.24, 2.45) is 10.2 Å². The summed E-state index contributed by atoms with van der Waals surface area (Å²) in [5.74, 6) is 7.12. The van der Waals surface area contributed by atoms with Crippen molar-refractivity contribution in [3.63, 3.8) is 0 Å². The van der Waals surface area contributed by atoms with E-state index in [1.807, 2.05) is 74.5 Å². The van der Waals surface area contributed by atoms with Crippen molar-refractivity contribution in [3.05, 3.63) is 88.7 Å². The first kappa shape index (κ1) is 42.8. The predicted octanol–water partition coefficient (Wildman–Crippen LogP) is 10.6. The first-order chi connectivity index (χ1) is 26.6. The summed E-state index contributed by atoms with van der Waals surface area (Å²) in [7, 11) is 13.0. The third-order valence-electron chi connectivity index (χ3n) is 9.84. The lowest BCUT2D eigenvalue weighted by atomic mass is 9.85. The Bertz CT molecular complexity index is 2240. The van der Waals surface area contributed by atoms with Crippen LogP contribution >= 0.6 is 0 Å². The number of benzene rings is 4. The van der Waals surface area contributed by atoms with Crippen LogP contribution in [0.5, 0.6) is 46.0 Å². The Kier molecular flexibility index (Phi) is 14.6. The van der Waals surface area contributed by atoms with Gasteiger partial charge in [0, 0.05) is 41.7 Å². The van der Waals surface area contributed by atoms with E-state index in [-0.39, 0.29) is 14.8 Å². The van der Waals surface area contributed by atoms with Crippen LogP contribution in [0.2, 0.25) is 0 Å². The molecule has 0 fully saturated rings. The molecule has 5 aromatic rings. The molecule has 6 rings (SSSR count). The Morgan fingerprint density at radius 1 is 0.554 bits per heavy atom. The maximum Gasteiger partial charge on any atom is 0.368 e. The van der Waals surface area contributed by atoms with Crippen LogP contribution in [0.4, 0.5) is 0 Å². The molecule has 1 aliphatic rings. The average Bonchev–Trinajstić information content (AvgIpc) is 3.36. The van der Waals surface area contributed by atoms with Crippen molar-refractivity contribution in [2.45, 2.75) is 53.9 Å². The molecule has 0 bridgehead atoms. The lowest BCUT2D eigenvalue weighted by Gasteiger charge is -2.20. The molecule has 1 aromatic heterocycles. The number of aryl methyl sites for hydroxylation is 2. The first-order valence-electron chi connectivity index (χ1n) is 18.0. The minimum absolute atomic E-state index is 0. The molecule has 300 valence electrons. The van der Waals surface area contributed by atoms with Gasteiger partial charge in [-0.2, -0.15) is 5.10 Å². The molecule has 0 radical (unpaired) electrons. The maximum absolute atomic E-state index is 6.25. The summed E-state index contributed by atoms with van der Waals surface area (Å²) in [4.78, 5) is 0. The van der Waals surface area contributed by atoms with Gasteiger partial charge in [-0.1, -0.05) is 21.3 Å². The van der Waals surface area contributed by atoms with Crippen LogP contribution in [-0.2, 0) is 6.42 Å². The highest BCUT2D eigenvalue weighted by Gasteiger charge is 2.28. The van der Waals surface area contributed by atoms with Crippen LogP contribution in [0.1, 0.15) is 70.0 Å². The van der Waals surface area contributed by atoms with Crippen molar-refractivity contribution >= 4 is 22.2 Å². The van der Waals surface area contributed by atoms with Crippen molar-refractivity contribution in [2.75, 3.05) is 56.9 Å². The molecule has 0 N–H and O–H groups in total. The normalized spacial score (nSPS) is 13.0. The molecule has 0 saturated heterocycles. The summed E-state index contributed by atoms with van der Waals surface area (Å²) in [6.07, 6.45) is 1.76. The summed E-state index contributed by atoms with van der Waals surface area (Å²) in [6, 6.07) is 19.5. The van der Waals surface area contributed by atoms with Crippen LogP contribution in [0.15, 0.2) is 75.3 Å². The second-order valence-electron chi connectivity index (χ2n) is 12.7. The largest absolute Gasteiger partial charge is 0.493 e. The third kappa shape index (κ3) is 8.32. The first-order valence-corrected chi connectivity index (χ1v) is 18.0. The monoisotopic (exact) mass is 769 g/mol. The van der Waals surface area contributed by atoms with Crippen molar-refractivity contribution in [1.82, 2.24) is 0 Å². The second kappa shape index (κ2) is 19.1. The van der Waals surface area contributed by atoms with E-state index >= 15 is 0 Å². The summed E-state index contributed by atoms with van der Waals surface area (Å²) in [5.41, 5.74) is 6.74. The molecule has 0 aliphatic carbocycles. The summed E-state index contributed by atoms with van der Waals surface area (Å²) < 4.78 is 50.0. The van der Waals surface area contributed by atoms with E-state index in [1.54, 1.807) is 56.9 Å². The molecule has 0 amide bonds. The van der Waals surface area contributed by atoms with Gasteiger partial charge in [-0.25, -0.2) is 4.42 Å². The highest BCUT2D eigenvalue weighted by atomic mass is 16.5. The van der Waals surface area contributed by atoms with E-state index < -0.39 is 0 Å².